The van der Waals surface area contributed by atoms with E-state index < -0.39 is 23.0 Å². The number of amides is 1. The topological polar surface area (TPSA) is 96.8 Å². The molecule has 0 atom stereocenters. The first-order valence-corrected chi connectivity index (χ1v) is 7.82. The molecule has 3 aromatic rings. The number of benzene rings is 1. The van der Waals surface area contributed by atoms with E-state index in [1.165, 1.54) is 18.3 Å². The Bertz CT molecular complexity index is 1080. The standard InChI is InChI=1S/C17H12ClFN4O3/c18-10-4-5-14(13(19)7-10)22-15(24)12-8-21-17(26)23(16(12)25)9-11-3-1-2-6-20-11/h1-8H,9H2,(H,21,26)(H,22,24). The van der Waals surface area contributed by atoms with Crippen LogP contribution in [0.4, 0.5) is 10.1 Å². The summed E-state index contributed by atoms with van der Waals surface area (Å²) in [6.07, 6.45) is 2.51. The third kappa shape index (κ3) is 3.70. The number of rotatable bonds is 4. The van der Waals surface area contributed by atoms with Gasteiger partial charge >= 0.3 is 5.69 Å². The van der Waals surface area contributed by atoms with Crippen molar-refractivity contribution in [3.05, 3.63) is 91.7 Å². The third-order valence-corrected chi connectivity index (χ3v) is 3.77. The molecule has 0 aliphatic carbocycles. The molecule has 0 spiro atoms. The minimum atomic E-state index is -0.859. The molecule has 0 aliphatic rings. The van der Waals surface area contributed by atoms with Crippen LogP contribution in [0.5, 0.6) is 0 Å². The summed E-state index contributed by atoms with van der Waals surface area (Å²) in [4.78, 5) is 43.1. The number of aromatic nitrogens is 3. The predicted molar refractivity (Wildman–Crippen MR) is 94.0 cm³/mol. The highest BCUT2D eigenvalue weighted by atomic mass is 35.5. The summed E-state index contributed by atoms with van der Waals surface area (Å²) in [7, 11) is 0. The van der Waals surface area contributed by atoms with Gasteiger partial charge in [0.2, 0.25) is 0 Å². The number of nitrogens with one attached hydrogen (secondary N) is 2. The van der Waals surface area contributed by atoms with Crippen molar-refractivity contribution in [2.45, 2.75) is 6.54 Å². The minimum Gasteiger partial charge on any atom is -0.319 e. The van der Waals surface area contributed by atoms with Gasteiger partial charge in [-0.2, -0.15) is 0 Å². The van der Waals surface area contributed by atoms with Crippen LogP contribution in [0, 0.1) is 5.82 Å². The number of aromatic amines is 1. The van der Waals surface area contributed by atoms with Gasteiger partial charge in [-0.1, -0.05) is 17.7 Å². The second-order valence-electron chi connectivity index (χ2n) is 5.30. The second-order valence-corrected chi connectivity index (χ2v) is 5.73. The molecule has 0 fully saturated rings. The van der Waals surface area contributed by atoms with Gasteiger partial charge in [0.15, 0.2) is 0 Å². The van der Waals surface area contributed by atoms with Gasteiger partial charge in [-0.05, 0) is 30.3 Å². The van der Waals surface area contributed by atoms with Crippen LogP contribution in [-0.4, -0.2) is 20.4 Å². The molecule has 3 rings (SSSR count). The molecule has 0 bridgehead atoms. The fourth-order valence-corrected chi connectivity index (χ4v) is 2.41. The second kappa shape index (κ2) is 7.32. The number of pyridine rings is 1. The lowest BCUT2D eigenvalue weighted by atomic mass is 10.2. The largest absolute Gasteiger partial charge is 0.328 e. The average Bonchev–Trinajstić information content (AvgIpc) is 2.62. The number of halogens is 2. The lowest BCUT2D eigenvalue weighted by Crippen LogP contribution is -2.39. The van der Waals surface area contributed by atoms with E-state index in [0.717, 1.165) is 16.8 Å². The Morgan fingerprint density at radius 2 is 2.08 bits per heavy atom. The highest BCUT2D eigenvalue weighted by Crippen LogP contribution is 2.19. The number of nitrogens with zero attached hydrogens (tertiary/aromatic N) is 2. The van der Waals surface area contributed by atoms with Crippen molar-refractivity contribution in [2.24, 2.45) is 0 Å². The van der Waals surface area contributed by atoms with Crippen LogP contribution < -0.4 is 16.6 Å². The first kappa shape index (κ1) is 17.6. The molecule has 0 radical (unpaired) electrons. The molecule has 1 aromatic carbocycles. The zero-order valence-corrected chi connectivity index (χ0v) is 14.0. The predicted octanol–water partition coefficient (Wildman–Crippen LogP) is 2.02. The number of hydrogen-bond acceptors (Lipinski definition) is 4. The molecule has 7 nitrogen and oxygen atoms in total. The van der Waals surface area contributed by atoms with Crippen LogP contribution in [0.2, 0.25) is 5.02 Å². The summed E-state index contributed by atoms with van der Waals surface area (Å²) in [5.74, 6) is -1.61. The van der Waals surface area contributed by atoms with Gasteiger partial charge in [0.1, 0.15) is 11.4 Å². The summed E-state index contributed by atoms with van der Waals surface area (Å²) in [6.45, 7) is -0.106. The van der Waals surface area contributed by atoms with Crippen molar-refractivity contribution in [1.82, 2.24) is 14.5 Å². The fraction of sp³-hybridized carbons (Fsp3) is 0.0588. The van der Waals surface area contributed by atoms with Gasteiger partial charge in [-0.25, -0.2) is 9.18 Å². The number of carbonyl (C=O) groups is 1. The molecule has 26 heavy (non-hydrogen) atoms. The molecular formula is C17H12ClFN4O3. The molecule has 0 saturated heterocycles. The molecular weight excluding hydrogens is 363 g/mol. The molecule has 2 N–H and O–H groups in total. The molecule has 1 amide bonds. The first-order chi connectivity index (χ1) is 12.5. The zero-order valence-electron chi connectivity index (χ0n) is 13.2. The van der Waals surface area contributed by atoms with E-state index in [1.807, 2.05) is 0 Å². The Morgan fingerprint density at radius 1 is 1.27 bits per heavy atom. The molecule has 2 aromatic heterocycles. The Kier molecular flexibility index (Phi) is 4.94. The van der Waals surface area contributed by atoms with Crippen molar-refractivity contribution in [3.8, 4) is 0 Å². The van der Waals surface area contributed by atoms with Gasteiger partial charge in [0, 0.05) is 17.4 Å². The fourth-order valence-electron chi connectivity index (χ4n) is 2.25. The highest BCUT2D eigenvalue weighted by Gasteiger charge is 2.17. The minimum absolute atomic E-state index is 0.106. The van der Waals surface area contributed by atoms with Crippen LogP contribution in [0.15, 0.2) is 58.4 Å². The Hall–Kier alpha value is -3.26. The SMILES string of the molecule is O=C(Nc1ccc(Cl)cc1F)c1c[nH]c(=O)n(Cc2ccccn2)c1=O. The molecule has 0 aliphatic heterocycles. The van der Waals surface area contributed by atoms with E-state index in [0.29, 0.717) is 5.69 Å². The van der Waals surface area contributed by atoms with Crippen LogP contribution >= 0.6 is 11.6 Å². The molecule has 132 valence electrons. The lowest BCUT2D eigenvalue weighted by Gasteiger charge is -2.08. The summed E-state index contributed by atoms with van der Waals surface area (Å²) < 4.78 is 14.7. The van der Waals surface area contributed by atoms with Crippen molar-refractivity contribution in [3.63, 3.8) is 0 Å². The van der Waals surface area contributed by atoms with Crippen LogP contribution in [0.3, 0.4) is 0 Å². The molecule has 9 heteroatoms. The van der Waals surface area contributed by atoms with E-state index in [-0.39, 0.29) is 22.8 Å². The Labute approximate surface area is 151 Å². The summed E-state index contributed by atoms with van der Waals surface area (Å²) in [5.41, 5.74) is -1.50. The third-order valence-electron chi connectivity index (χ3n) is 3.53. The Morgan fingerprint density at radius 3 is 2.77 bits per heavy atom. The van der Waals surface area contributed by atoms with Crippen molar-refractivity contribution in [1.29, 1.82) is 0 Å². The normalized spacial score (nSPS) is 10.5. The number of anilines is 1. The van der Waals surface area contributed by atoms with Gasteiger partial charge < -0.3 is 10.3 Å². The summed E-state index contributed by atoms with van der Waals surface area (Å²) in [5, 5.41) is 2.45. The Balaban J connectivity index is 1.93. The van der Waals surface area contributed by atoms with E-state index >= 15 is 0 Å². The van der Waals surface area contributed by atoms with E-state index in [2.05, 4.69) is 15.3 Å². The van der Waals surface area contributed by atoms with E-state index in [9.17, 15) is 18.8 Å². The van der Waals surface area contributed by atoms with Crippen molar-refractivity contribution < 1.29 is 9.18 Å². The maximum Gasteiger partial charge on any atom is 0.328 e. The molecule has 0 unspecified atom stereocenters. The van der Waals surface area contributed by atoms with E-state index in [4.69, 9.17) is 11.6 Å². The monoisotopic (exact) mass is 374 g/mol. The zero-order chi connectivity index (χ0) is 18.7. The number of carbonyl (C=O) groups excluding carboxylic acids is 1. The van der Waals surface area contributed by atoms with Gasteiger partial charge in [-0.15, -0.1) is 0 Å². The van der Waals surface area contributed by atoms with Crippen LogP contribution in [0.25, 0.3) is 0 Å². The average molecular weight is 375 g/mol. The summed E-state index contributed by atoms with van der Waals surface area (Å²) in [6, 6.07) is 8.74. The maximum absolute atomic E-state index is 13.8. The summed E-state index contributed by atoms with van der Waals surface area (Å²) >= 11 is 5.66. The van der Waals surface area contributed by atoms with Crippen molar-refractivity contribution >= 4 is 23.2 Å². The van der Waals surface area contributed by atoms with E-state index in [1.54, 1.807) is 18.2 Å². The lowest BCUT2D eigenvalue weighted by molar-refractivity contribution is 0.102. The smallest absolute Gasteiger partial charge is 0.319 e. The van der Waals surface area contributed by atoms with Crippen molar-refractivity contribution in [2.75, 3.05) is 5.32 Å². The number of hydrogen-bond donors (Lipinski definition) is 2. The quantitative estimate of drug-likeness (QED) is 0.730. The van der Waals surface area contributed by atoms with Gasteiger partial charge in [-0.3, -0.25) is 19.1 Å². The van der Waals surface area contributed by atoms with Crippen LogP contribution in [-0.2, 0) is 6.54 Å². The highest BCUT2D eigenvalue weighted by molar-refractivity contribution is 6.30. The van der Waals surface area contributed by atoms with Gasteiger partial charge in [0.05, 0.1) is 17.9 Å². The maximum atomic E-state index is 13.8. The molecule has 2 heterocycles. The van der Waals surface area contributed by atoms with Crippen LogP contribution in [0.1, 0.15) is 16.1 Å². The first-order valence-electron chi connectivity index (χ1n) is 7.44. The molecule has 0 saturated carbocycles. The van der Waals surface area contributed by atoms with Gasteiger partial charge in [0.25, 0.3) is 11.5 Å². The number of H-pyrrole nitrogens is 1.